The molecule has 1 saturated carbocycles. The Labute approximate surface area is 165 Å². The van der Waals surface area contributed by atoms with Crippen molar-refractivity contribution in [2.24, 2.45) is 5.92 Å². The normalized spacial score (nSPS) is 28.2. The molecule has 6 nitrogen and oxygen atoms in total. The lowest BCUT2D eigenvalue weighted by atomic mass is 9.83. The van der Waals surface area contributed by atoms with Gasteiger partial charge in [-0.05, 0) is 48.1 Å². The van der Waals surface area contributed by atoms with E-state index in [1.54, 1.807) is 18.6 Å². The Bertz CT molecular complexity index is 827. The number of likely N-dealkylation sites (tertiary alicyclic amines) is 1. The Morgan fingerprint density at radius 2 is 2.00 bits per heavy atom. The first-order valence-corrected chi connectivity index (χ1v) is 10.2. The number of amides is 1. The van der Waals surface area contributed by atoms with Crippen LogP contribution in [-0.2, 0) is 16.1 Å². The average molecular weight is 378 g/mol. The van der Waals surface area contributed by atoms with Crippen LogP contribution in [0.4, 0.5) is 0 Å². The van der Waals surface area contributed by atoms with Gasteiger partial charge >= 0.3 is 0 Å². The van der Waals surface area contributed by atoms with Crippen LogP contribution in [0.15, 0.2) is 49.1 Å². The second-order valence-corrected chi connectivity index (χ2v) is 8.30. The molecule has 6 heteroatoms. The molecule has 0 unspecified atom stereocenters. The van der Waals surface area contributed by atoms with E-state index in [4.69, 9.17) is 4.74 Å². The van der Waals surface area contributed by atoms with Crippen molar-refractivity contribution in [1.29, 1.82) is 0 Å². The van der Waals surface area contributed by atoms with E-state index in [2.05, 4.69) is 20.9 Å². The minimum Gasteiger partial charge on any atom is -0.361 e. The molecule has 146 valence electrons. The van der Waals surface area contributed by atoms with E-state index in [0.717, 1.165) is 30.1 Å². The lowest BCUT2D eigenvalue weighted by Gasteiger charge is -2.42. The fourth-order valence-corrected chi connectivity index (χ4v) is 4.67. The van der Waals surface area contributed by atoms with E-state index in [1.807, 2.05) is 29.3 Å². The zero-order valence-electron chi connectivity index (χ0n) is 16.0. The monoisotopic (exact) mass is 378 g/mol. The highest BCUT2D eigenvalue weighted by atomic mass is 16.5. The topological polar surface area (TPSA) is 58.6 Å². The summed E-state index contributed by atoms with van der Waals surface area (Å²) in [4.78, 5) is 26.5. The van der Waals surface area contributed by atoms with Crippen molar-refractivity contribution in [3.05, 3.63) is 60.2 Å². The summed E-state index contributed by atoms with van der Waals surface area (Å²) in [5.41, 5.74) is 1.40. The fourth-order valence-electron chi connectivity index (χ4n) is 4.67. The maximum Gasteiger partial charge on any atom is 0.257 e. The van der Waals surface area contributed by atoms with E-state index >= 15 is 0 Å². The molecule has 1 spiro atoms. The van der Waals surface area contributed by atoms with Crippen LogP contribution in [-0.4, -0.2) is 64.1 Å². The Hall–Kier alpha value is -2.31. The number of nitrogens with zero attached hydrogens (tertiary/aromatic N) is 4. The number of hydrogen-bond acceptors (Lipinski definition) is 5. The summed E-state index contributed by atoms with van der Waals surface area (Å²) < 4.78 is 6.33. The zero-order valence-corrected chi connectivity index (χ0v) is 16.0. The Kier molecular flexibility index (Phi) is 4.61. The van der Waals surface area contributed by atoms with Gasteiger partial charge in [0.2, 0.25) is 0 Å². The Morgan fingerprint density at radius 1 is 1.14 bits per heavy atom. The van der Waals surface area contributed by atoms with Gasteiger partial charge in [-0.25, -0.2) is 0 Å². The van der Waals surface area contributed by atoms with Crippen molar-refractivity contribution < 1.29 is 9.53 Å². The molecule has 2 aromatic rings. The highest BCUT2D eigenvalue weighted by Gasteiger charge is 2.57. The van der Waals surface area contributed by atoms with Crippen LogP contribution in [0.2, 0.25) is 0 Å². The van der Waals surface area contributed by atoms with E-state index in [0.29, 0.717) is 26.2 Å². The van der Waals surface area contributed by atoms with E-state index in [1.165, 1.54) is 12.8 Å². The molecule has 2 aliphatic heterocycles. The molecule has 2 aromatic heterocycles. The number of carbonyl (C=O) groups excluding carboxylic acids is 1. The third kappa shape index (κ3) is 3.31. The van der Waals surface area contributed by atoms with Gasteiger partial charge in [0, 0.05) is 63.4 Å². The third-order valence-corrected chi connectivity index (χ3v) is 6.26. The second-order valence-electron chi connectivity index (χ2n) is 8.30. The first-order chi connectivity index (χ1) is 13.7. The summed E-state index contributed by atoms with van der Waals surface area (Å²) >= 11 is 0. The Morgan fingerprint density at radius 3 is 2.75 bits per heavy atom. The van der Waals surface area contributed by atoms with Gasteiger partial charge in [-0.2, -0.15) is 0 Å². The molecule has 2 saturated heterocycles. The molecule has 5 rings (SSSR count). The minimum absolute atomic E-state index is 0.0210. The average Bonchev–Trinajstić information content (AvgIpc) is 3.47. The number of hydrogen-bond donors (Lipinski definition) is 0. The summed E-state index contributed by atoms with van der Waals surface area (Å²) in [7, 11) is 0. The molecule has 28 heavy (non-hydrogen) atoms. The van der Waals surface area contributed by atoms with E-state index in [9.17, 15) is 4.79 Å². The number of pyridine rings is 2. The van der Waals surface area contributed by atoms with Crippen molar-refractivity contribution >= 4 is 5.91 Å². The number of rotatable bonds is 5. The van der Waals surface area contributed by atoms with Gasteiger partial charge in [-0.1, -0.05) is 6.07 Å². The maximum absolute atomic E-state index is 13.7. The van der Waals surface area contributed by atoms with Crippen LogP contribution in [0, 0.1) is 5.92 Å². The first-order valence-electron chi connectivity index (χ1n) is 10.2. The fraction of sp³-hybridized carbons (Fsp3) is 0.500. The van der Waals surface area contributed by atoms with Gasteiger partial charge in [-0.3, -0.25) is 19.7 Å². The van der Waals surface area contributed by atoms with Gasteiger partial charge in [0.25, 0.3) is 5.91 Å². The van der Waals surface area contributed by atoms with Crippen molar-refractivity contribution in [2.45, 2.75) is 30.9 Å². The SMILES string of the molecule is O=C1N(Cc2ccncc2)CCO[C@@]12CN(CC1CC1)C[C@@H]2c1cccnc1. The van der Waals surface area contributed by atoms with Crippen LogP contribution in [0.5, 0.6) is 0 Å². The minimum atomic E-state index is -0.802. The highest BCUT2D eigenvalue weighted by molar-refractivity contribution is 5.88. The number of carbonyl (C=O) groups is 1. The first kappa shape index (κ1) is 17.8. The number of ether oxygens (including phenoxy) is 1. The molecule has 1 amide bonds. The lowest BCUT2D eigenvalue weighted by Crippen LogP contribution is -2.60. The van der Waals surface area contributed by atoms with Crippen LogP contribution in [0.25, 0.3) is 0 Å². The summed E-state index contributed by atoms with van der Waals surface area (Å²) in [5, 5.41) is 0. The molecule has 0 N–H and O–H groups in total. The largest absolute Gasteiger partial charge is 0.361 e. The third-order valence-electron chi connectivity index (χ3n) is 6.26. The molecular formula is C22H26N4O2. The van der Waals surface area contributed by atoms with Crippen LogP contribution in [0.1, 0.15) is 29.9 Å². The highest BCUT2D eigenvalue weighted by Crippen LogP contribution is 2.43. The van der Waals surface area contributed by atoms with Gasteiger partial charge in [-0.15, -0.1) is 0 Å². The van der Waals surface area contributed by atoms with Crippen LogP contribution >= 0.6 is 0 Å². The quantitative estimate of drug-likeness (QED) is 0.797. The molecule has 3 fully saturated rings. The van der Waals surface area contributed by atoms with Gasteiger partial charge < -0.3 is 9.64 Å². The van der Waals surface area contributed by atoms with Crippen molar-refractivity contribution in [3.8, 4) is 0 Å². The number of aromatic nitrogens is 2. The molecule has 2 atom stereocenters. The zero-order chi connectivity index (χ0) is 19.0. The van der Waals surface area contributed by atoms with E-state index in [-0.39, 0.29) is 11.8 Å². The summed E-state index contributed by atoms with van der Waals surface area (Å²) in [5.74, 6) is 0.923. The molecular weight excluding hydrogens is 352 g/mol. The van der Waals surface area contributed by atoms with Crippen molar-refractivity contribution in [1.82, 2.24) is 19.8 Å². The summed E-state index contributed by atoms with van der Waals surface area (Å²) in [6.45, 7) is 4.41. The lowest BCUT2D eigenvalue weighted by molar-refractivity contribution is -0.173. The summed E-state index contributed by atoms with van der Waals surface area (Å²) in [6.07, 6.45) is 9.86. The Balaban J connectivity index is 1.44. The van der Waals surface area contributed by atoms with Crippen LogP contribution < -0.4 is 0 Å². The predicted octanol–water partition coefficient (Wildman–Crippen LogP) is 2.08. The predicted molar refractivity (Wildman–Crippen MR) is 104 cm³/mol. The number of morpholine rings is 1. The standard InChI is InChI=1S/C22H26N4O2/c27-21-22(28-11-10-26(21)14-18-5-8-23-9-6-18)16-25(13-17-3-4-17)15-20(22)19-2-1-7-24-12-19/h1-2,5-9,12,17,20H,3-4,10-11,13-16H2/t20-,22-/m1/s1. The van der Waals surface area contributed by atoms with Gasteiger partial charge in [0.1, 0.15) is 0 Å². The van der Waals surface area contributed by atoms with Crippen LogP contribution in [0.3, 0.4) is 0 Å². The molecule has 4 heterocycles. The molecule has 1 aliphatic carbocycles. The summed E-state index contributed by atoms with van der Waals surface area (Å²) in [6, 6.07) is 7.98. The second kappa shape index (κ2) is 7.26. The maximum atomic E-state index is 13.7. The molecule has 0 aromatic carbocycles. The van der Waals surface area contributed by atoms with Crippen molar-refractivity contribution in [3.63, 3.8) is 0 Å². The van der Waals surface area contributed by atoms with Gasteiger partial charge in [0.05, 0.1) is 6.61 Å². The van der Waals surface area contributed by atoms with Crippen molar-refractivity contribution in [2.75, 3.05) is 32.8 Å². The molecule has 0 bridgehead atoms. The smallest absolute Gasteiger partial charge is 0.257 e. The van der Waals surface area contributed by atoms with Gasteiger partial charge in [0.15, 0.2) is 5.60 Å². The molecule has 0 radical (unpaired) electrons. The molecule has 3 aliphatic rings. The van der Waals surface area contributed by atoms with E-state index < -0.39 is 5.60 Å².